The molecule has 3 rings (SSSR count). The Labute approximate surface area is 165 Å². The fourth-order valence-corrected chi connectivity index (χ4v) is 4.40. The van der Waals surface area contributed by atoms with Gasteiger partial charge in [0.2, 0.25) is 15.9 Å². The van der Waals surface area contributed by atoms with Crippen LogP contribution < -0.4 is 9.62 Å². The maximum atomic E-state index is 13.5. The minimum Gasteiger partial charge on any atom is -0.348 e. The van der Waals surface area contributed by atoms with E-state index >= 15 is 0 Å². The van der Waals surface area contributed by atoms with Crippen LogP contribution in [0.3, 0.4) is 0 Å². The van der Waals surface area contributed by atoms with E-state index in [2.05, 4.69) is 17.4 Å². The van der Waals surface area contributed by atoms with Crippen LogP contribution in [0.15, 0.2) is 42.5 Å². The van der Waals surface area contributed by atoms with Crippen molar-refractivity contribution in [2.24, 2.45) is 0 Å². The van der Waals surface area contributed by atoms with E-state index in [1.807, 2.05) is 13.0 Å². The summed E-state index contributed by atoms with van der Waals surface area (Å²) in [5.74, 6) is -1.01. The Morgan fingerprint density at radius 1 is 1.14 bits per heavy atom. The number of carbonyl (C=O) groups is 1. The van der Waals surface area contributed by atoms with E-state index in [0.29, 0.717) is 0 Å². The van der Waals surface area contributed by atoms with Crippen molar-refractivity contribution in [3.8, 4) is 0 Å². The van der Waals surface area contributed by atoms with Gasteiger partial charge >= 0.3 is 0 Å². The molecule has 7 heteroatoms. The van der Waals surface area contributed by atoms with Crippen molar-refractivity contribution in [2.45, 2.75) is 38.6 Å². The van der Waals surface area contributed by atoms with Crippen LogP contribution in [0.4, 0.5) is 10.1 Å². The van der Waals surface area contributed by atoms with Crippen molar-refractivity contribution in [1.82, 2.24) is 5.32 Å². The van der Waals surface area contributed by atoms with Gasteiger partial charge in [-0.3, -0.25) is 9.10 Å². The van der Waals surface area contributed by atoms with Crippen molar-refractivity contribution >= 4 is 21.6 Å². The fourth-order valence-electron chi connectivity index (χ4n) is 3.55. The summed E-state index contributed by atoms with van der Waals surface area (Å²) in [6.45, 7) is 1.47. The van der Waals surface area contributed by atoms with E-state index < -0.39 is 28.3 Å². The Morgan fingerprint density at radius 2 is 1.86 bits per heavy atom. The first kappa shape index (κ1) is 20.3. The van der Waals surface area contributed by atoms with Crippen molar-refractivity contribution < 1.29 is 17.6 Å². The Bertz CT molecular complexity index is 975. The third kappa shape index (κ3) is 4.90. The molecule has 1 N–H and O–H groups in total. The quantitative estimate of drug-likeness (QED) is 0.803. The summed E-state index contributed by atoms with van der Waals surface area (Å²) in [6, 6.07) is 11.2. The molecule has 150 valence electrons. The molecule has 1 amide bonds. The predicted molar refractivity (Wildman–Crippen MR) is 108 cm³/mol. The number of anilines is 1. The zero-order valence-corrected chi connectivity index (χ0v) is 16.9. The van der Waals surface area contributed by atoms with E-state index in [4.69, 9.17) is 0 Å². The number of benzene rings is 2. The molecule has 28 heavy (non-hydrogen) atoms. The molecule has 0 fully saturated rings. The molecule has 0 saturated carbocycles. The summed E-state index contributed by atoms with van der Waals surface area (Å²) in [6.07, 6.45) is 5.52. The number of carbonyl (C=O) groups excluding carboxylic acids is 1. The minimum atomic E-state index is -3.74. The molecule has 0 spiro atoms. The van der Waals surface area contributed by atoms with Crippen molar-refractivity contribution in [3.63, 3.8) is 0 Å². The number of hydrogen-bond acceptors (Lipinski definition) is 3. The first-order valence-electron chi connectivity index (χ1n) is 9.38. The number of fused-ring (bicyclic) bond motifs is 1. The number of nitrogens with zero attached hydrogens (tertiary/aromatic N) is 1. The molecule has 0 aliphatic heterocycles. The largest absolute Gasteiger partial charge is 0.348 e. The molecule has 0 radical (unpaired) electrons. The molecule has 0 bridgehead atoms. The molecule has 1 atom stereocenters. The Hall–Kier alpha value is -2.41. The van der Waals surface area contributed by atoms with E-state index in [0.717, 1.165) is 35.0 Å². The number of sulfonamides is 1. The predicted octanol–water partition coefficient (Wildman–Crippen LogP) is 3.35. The van der Waals surface area contributed by atoms with Crippen LogP contribution >= 0.6 is 0 Å². The first-order chi connectivity index (χ1) is 13.2. The molecule has 0 heterocycles. The van der Waals surface area contributed by atoms with Crippen molar-refractivity contribution in [3.05, 3.63) is 65.0 Å². The van der Waals surface area contributed by atoms with Gasteiger partial charge in [-0.25, -0.2) is 12.8 Å². The van der Waals surface area contributed by atoms with Crippen LogP contribution in [0.25, 0.3) is 0 Å². The van der Waals surface area contributed by atoms with Gasteiger partial charge in [0.15, 0.2) is 0 Å². The van der Waals surface area contributed by atoms with Crippen LogP contribution in [0, 0.1) is 5.82 Å². The first-order valence-corrected chi connectivity index (χ1v) is 11.2. The van der Waals surface area contributed by atoms with E-state index in [-0.39, 0.29) is 11.7 Å². The molecule has 0 saturated heterocycles. The molecular weight excluding hydrogens is 379 g/mol. The van der Waals surface area contributed by atoms with Gasteiger partial charge in [-0.15, -0.1) is 0 Å². The van der Waals surface area contributed by atoms with Crippen LogP contribution in [0.2, 0.25) is 0 Å². The fraction of sp³-hybridized carbons (Fsp3) is 0.381. The lowest BCUT2D eigenvalue weighted by Crippen LogP contribution is -2.41. The lowest BCUT2D eigenvalue weighted by Gasteiger charge is -2.24. The van der Waals surface area contributed by atoms with E-state index in [1.54, 1.807) is 0 Å². The van der Waals surface area contributed by atoms with Gasteiger partial charge in [-0.05, 0) is 67.5 Å². The van der Waals surface area contributed by atoms with Gasteiger partial charge in [0.05, 0.1) is 18.0 Å². The highest BCUT2D eigenvalue weighted by Gasteiger charge is 2.22. The molecule has 0 aromatic heterocycles. The van der Waals surface area contributed by atoms with Gasteiger partial charge in [0, 0.05) is 0 Å². The number of amides is 1. The Kier molecular flexibility index (Phi) is 6.03. The van der Waals surface area contributed by atoms with Gasteiger partial charge in [0.25, 0.3) is 0 Å². The third-order valence-electron chi connectivity index (χ3n) is 5.03. The summed E-state index contributed by atoms with van der Waals surface area (Å²) in [5, 5.41) is 2.85. The second kappa shape index (κ2) is 8.31. The summed E-state index contributed by atoms with van der Waals surface area (Å²) in [4.78, 5) is 12.5. The van der Waals surface area contributed by atoms with Crippen molar-refractivity contribution in [1.29, 1.82) is 0 Å². The summed E-state index contributed by atoms with van der Waals surface area (Å²) in [5.41, 5.74) is 3.80. The van der Waals surface area contributed by atoms with Gasteiger partial charge < -0.3 is 5.32 Å². The number of hydrogen-bond donors (Lipinski definition) is 1. The van der Waals surface area contributed by atoms with E-state index in [1.165, 1.54) is 42.2 Å². The third-order valence-corrected chi connectivity index (χ3v) is 6.17. The van der Waals surface area contributed by atoms with Crippen LogP contribution in [-0.2, 0) is 27.7 Å². The summed E-state index contributed by atoms with van der Waals surface area (Å²) >= 11 is 0. The van der Waals surface area contributed by atoms with Crippen LogP contribution in [-0.4, -0.2) is 27.1 Å². The maximum Gasteiger partial charge on any atom is 0.241 e. The molecule has 1 unspecified atom stereocenters. The smallest absolute Gasteiger partial charge is 0.241 e. The highest BCUT2D eigenvalue weighted by atomic mass is 32.2. The molecule has 1 aliphatic carbocycles. The number of aryl methyl sites for hydroxylation is 2. The molecule has 1 aliphatic rings. The van der Waals surface area contributed by atoms with Crippen molar-refractivity contribution in [2.75, 3.05) is 17.1 Å². The lowest BCUT2D eigenvalue weighted by atomic mass is 9.89. The summed E-state index contributed by atoms with van der Waals surface area (Å²) < 4.78 is 38.6. The standard InChI is InChI=1S/C21H25FN2O3S/c1-15(17-11-10-16-6-3-4-7-18(16)12-17)23-21(25)14-24(28(2,26)27)20-9-5-8-19(22)13-20/h5,8-13,15H,3-4,6-7,14H2,1-2H3,(H,23,25). The number of rotatable bonds is 6. The average molecular weight is 405 g/mol. The highest BCUT2D eigenvalue weighted by molar-refractivity contribution is 7.92. The van der Waals surface area contributed by atoms with Gasteiger partial charge in [-0.2, -0.15) is 0 Å². The topological polar surface area (TPSA) is 66.5 Å². The zero-order valence-electron chi connectivity index (χ0n) is 16.1. The normalized spacial score (nSPS) is 14.8. The SMILES string of the molecule is CC(NC(=O)CN(c1cccc(F)c1)S(C)(=O)=O)c1ccc2c(c1)CCCC2. The van der Waals surface area contributed by atoms with Gasteiger partial charge in [0.1, 0.15) is 12.4 Å². The second-order valence-electron chi connectivity index (χ2n) is 7.27. The molecule has 5 nitrogen and oxygen atoms in total. The maximum absolute atomic E-state index is 13.5. The molecule has 2 aromatic rings. The second-order valence-corrected chi connectivity index (χ2v) is 9.18. The highest BCUT2D eigenvalue weighted by Crippen LogP contribution is 2.25. The zero-order chi connectivity index (χ0) is 20.3. The molecule has 2 aromatic carbocycles. The molecular formula is C21H25FN2O3S. The Morgan fingerprint density at radius 3 is 2.54 bits per heavy atom. The average Bonchev–Trinajstić information content (AvgIpc) is 2.64. The van der Waals surface area contributed by atoms with E-state index in [9.17, 15) is 17.6 Å². The summed E-state index contributed by atoms with van der Waals surface area (Å²) in [7, 11) is -3.74. The van der Waals surface area contributed by atoms with Crippen LogP contribution in [0.1, 0.15) is 42.5 Å². The number of halogens is 1. The lowest BCUT2D eigenvalue weighted by molar-refractivity contribution is -0.120. The Balaban J connectivity index is 1.72. The monoisotopic (exact) mass is 404 g/mol. The number of nitrogens with one attached hydrogen (secondary N) is 1. The minimum absolute atomic E-state index is 0.124. The van der Waals surface area contributed by atoms with Gasteiger partial charge in [-0.1, -0.05) is 24.3 Å². The van der Waals surface area contributed by atoms with Crippen LogP contribution in [0.5, 0.6) is 0 Å².